The normalized spacial score (nSPS) is 16.1. The third kappa shape index (κ3) is 2.04. The first-order valence-corrected chi connectivity index (χ1v) is 7.11. The average Bonchev–Trinajstić information content (AvgIpc) is 3.06. The van der Waals surface area contributed by atoms with Crippen molar-refractivity contribution in [2.24, 2.45) is 0 Å². The van der Waals surface area contributed by atoms with Crippen LogP contribution in [0.15, 0.2) is 16.9 Å². The lowest BCUT2D eigenvalue weighted by atomic mass is 10.2. The topological polar surface area (TPSA) is 57.0 Å². The number of methoxy groups -OCH3 is 1. The van der Waals surface area contributed by atoms with Gasteiger partial charge in [-0.05, 0) is 28.8 Å². The minimum atomic E-state index is -0.394. The molecule has 2 aromatic heterocycles. The molecule has 0 unspecified atom stereocenters. The Bertz CT molecular complexity index is 632. The Morgan fingerprint density at radius 1 is 1.42 bits per heavy atom. The number of aromatic nitrogens is 3. The van der Waals surface area contributed by atoms with E-state index in [-0.39, 0.29) is 0 Å². The Labute approximate surface area is 119 Å². The molecule has 5 nitrogen and oxygen atoms in total. The third-order valence-corrected chi connectivity index (χ3v) is 4.49. The first-order valence-electron chi connectivity index (χ1n) is 6.32. The smallest absolute Gasteiger partial charge is 0.340 e. The van der Waals surface area contributed by atoms with Crippen LogP contribution in [0, 0.1) is 0 Å². The molecular formula is C13H14BrN3O2. The molecule has 0 N–H and O–H groups in total. The second-order valence-corrected chi connectivity index (χ2v) is 5.54. The summed E-state index contributed by atoms with van der Waals surface area (Å²) in [7, 11) is 1.36. The van der Waals surface area contributed by atoms with Gasteiger partial charge in [0.25, 0.3) is 0 Å². The number of hydrogen-bond acceptors (Lipinski definition) is 4. The van der Waals surface area contributed by atoms with Crippen molar-refractivity contribution in [3.8, 4) is 0 Å². The van der Waals surface area contributed by atoms with Crippen LogP contribution >= 0.6 is 15.9 Å². The summed E-state index contributed by atoms with van der Waals surface area (Å²) in [5.41, 5.74) is 1.26. The van der Waals surface area contributed by atoms with Gasteiger partial charge in [-0.15, -0.1) is 0 Å². The molecule has 0 radical (unpaired) electrons. The molecule has 1 saturated carbocycles. The van der Waals surface area contributed by atoms with Gasteiger partial charge < -0.3 is 4.74 Å². The van der Waals surface area contributed by atoms with E-state index in [2.05, 4.69) is 26.0 Å². The minimum Gasteiger partial charge on any atom is -0.465 e. The van der Waals surface area contributed by atoms with Crippen molar-refractivity contribution < 1.29 is 9.53 Å². The lowest BCUT2D eigenvalue weighted by molar-refractivity contribution is 0.0599. The van der Waals surface area contributed by atoms with Crippen molar-refractivity contribution in [2.45, 2.75) is 31.7 Å². The van der Waals surface area contributed by atoms with E-state index in [4.69, 9.17) is 4.74 Å². The maximum Gasteiger partial charge on any atom is 0.340 e. The molecule has 0 saturated heterocycles. The summed E-state index contributed by atoms with van der Waals surface area (Å²) in [6.07, 6.45) is 8.09. The number of hydrogen-bond donors (Lipinski definition) is 0. The molecule has 1 aliphatic carbocycles. The number of fused-ring (bicyclic) bond motifs is 1. The standard InChI is InChI=1S/C13H14BrN3O2/c1-19-13(18)10-6-15-12-9(11(10)14)7-16-17(12)8-4-2-3-5-8/h6-8H,2-5H2,1H3. The van der Waals surface area contributed by atoms with Gasteiger partial charge >= 0.3 is 5.97 Å². The number of halogens is 1. The van der Waals surface area contributed by atoms with E-state index in [1.165, 1.54) is 20.0 Å². The number of ether oxygens (including phenoxy) is 1. The summed E-state index contributed by atoms with van der Waals surface area (Å²) in [6.45, 7) is 0. The van der Waals surface area contributed by atoms with Crippen LogP contribution in [0.1, 0.15) is 42.1 Å². The lowest BCUT2D eigenvalue weighted by Gasteiger charge is -2.11. The lowest BCUT2D eigenvalue weighted by Crippen LogP contribution is -2.08. The largest absolute Gasteiger partial charge is 0.465 e. The Morgan fingerprint density at radius 3 is 2.84 bits per heavy atom. The summed E-state index contributed by atoms with van der Waals surface area (Å²) in [5.74, 6) is -0.394. The molecular weight excluding hydrogens is 310 g/mol. The minimum absolute atomic E-state index is 0.394. The molecule has 0 amide bonds. The molecule has 6 heteroatoms. The molecule has 0 bridgehead atoms. The SMILES string of the molecule is COC(=O)c1cnc2c(cnn2C2CCCC2)c1Br. The van der Waals surface area contributed by atoms with Crippen LogP contribution < -0.4 is 0 Å². The molecule has 0 aromatic carbocycles. The summed E-state index contributed by atoms with van der Waals surface area (Å²) in [5, 5.41) is 5.29. The summed E-state index contributed by atoms with van der Waals surface area (Å²) < 4.78 is 7.42. The van der Waals surface area contributed by atoms with Crippen LogP contribution in [0.3, 0.4) is 0 Å². The van der Waals surface area contributed by atoms with E-state index >= 15 is 0 Å². The van der Waals surface area contributed by atoms with E-state index in [1.54, 1.807) is 12.4 Å². The highest BCUT2D eigenvalue weighted by atomic mass is 79.9. The Kier molecular flexibility index (Phi) is 3.26. The van der Waals surface area contributed by atoms with E-state index in [0.29, 0.717) is 16.1 Å². The zero-order valence-electron chi connectivity index (χ0n) is 10.6. The van der Waals surface area contributed by atoms with Crippen molar-refractivity contribution >= 4 is 32.9 Å². The maximum absolute atomic E-state index is 11.6. The number of carbonyl (C=O) groups excluding carboxylic acids is 1. The van der Waals surface area contributed by atoms with Crippen LogP contribution in [-0.2, 0) is 4.74 Å². The quantitative estimate of drug-likeness (QED) is 0.797. The van der Waals surface area contributed by atoms with Crippen molar-refractivity contribution in [1.82, 2.24) is 14.8 Å². The van der Waals surface area contributed by atoms with Crippen LogP contribution in [0.5, 0.6) is 0 Å². The van der Waals surface area contributed by atoms with Crippen molar-refractivity contribution in [2.75, 3.05) is 7.11 Å². The van der Waals surface area contributed by atoms with E-state index < -0.39 is 5.97 Å². The van der Waals surface area contributed by atoms with Crippen molar-refractivity contribution in [3.63, 3.8) is 0 Å². The highest BCUT2D eigenvalue weighted by molar-refractivity contribution is 9.10. The fourth-order valence-electron chi connectivity index (χ4n) is 2.64. The van der Waals surface area contributed by atoms with E-state index in [1.807, 2.05) is 4.68 Å². The van der Waals surface area contributed by atoms with Gasteiger partial charge in [-0.25, -0.2) is 14.5 Å². The highest BCUT2D eigenvalue weighted by Crippen LogP contribution is 2.33. The first kappa shape index (κ1) is 12.6. The summed E-state index contributed by atoms with van der Waals surface area (Å²) in [4.78, 5) is 16.0. The number of pyridine rings is 1. The molecule has 0 aliphatic heterocycles. The zero-order valence-corrected chi connectivity index (χ0v) is 12.2. The second kappa shape index (κ2) is 4.92. The molecule has 2 heterocycles. The van der Waals surface area contributed by atoms with Gasteiger partial charge in [-0.1, -0.05) is 12.8 Å². The van der Waals surface area contributed by atoms with Crippen molar-refractivity contribution in [1.29, 1.82) is 0 Å². The predicted octanol–water partition coefficient (Wildman–Crippen LogP) is 3.10. The molecule has 1 aliphatic rings. The second-order valence-electron chi connectivity index (χ2n) is 4.74. The summed E-state index contributed by atoms with van der Waals surface area (Å²) >= 11 is 3.45. The van der Waals surface area contributed by atoms with E-state index in [9.17, 15) is 4.79 Å². The molecule has 0 spiro atoms. The van der Waals surface area contributed by atoms with Gasteiger partial charge in [-0.2, -0.15) is 5.10 Å². The van der Waals surface area contributed by atoms with E-state index in [0.717, 1.165) is 23.9 Å². The number of rotatable bonds is 2. The predicted molar refractivity (Wildman–Crippen MR) is 74.1 cm³/mol. The van der Waals surface area contributed by atoms with Gasteiger partial charge in [0.1, 0.15) is 0 Å². The van der Waals surface area contributed by atoms with Crippen LogP contribution in [0.25, 0.3) is 11.0 Å². The zero-order chi connectivity index (χ0) is 13.4. The van der Waals surface area contributed by atoms with Gasteiger partial charge in [0.15, 0.2) is 5.65 Å². The summed E-state index contributed by atoms with van der Waals surface area (Å²) in [6, 6.07) is 0.431. The fourth-order valence-corrected chi connectivity index (χ4v) is 3.18. The first-order chi connectivity index (χ1) is 9.22. The molecule has 0 atom stereocenters. The third-order valence-electron chi connectivity index (χ3n) is 3.63. The van der Waals surface area contributed by atoms with Crippen LogP contribution in [-0.4, -0.2) is 27.8 Å². The number of carbonyl (C=O) groups is 1. The van der Waals surface area contributed by atoms with Gasteiger partial charge in [0.2, 0.25) is 0 Å². The van der Waals surface area contributed by atoms with Gasteiger partial charge in [-0.3, -0.25) is 0 Å². The van der Waals surface area contributed by atoms with Crippen LogP contribution in [0.2, 0.25) is 0 Å². The number of nitrogens with zero attached hydrogens (tertiary/aromatic N) is 3. The molecule has 2 aromatic rings. The monoisotopic (exact) mass is 323 g/mol. The fraction of sp³-hybridized carbons (Fsp3) is 0.462. The number of esters is 1. The van der Waals surface area contributed by atoms with Gasteiger partial charge in [0, 0.05) is 10.7 Å². The van der Waals surface area contributed by atoms with Crippen molar-refractivity contribution in [3.05, 3.63) is 22.4 Å². The Morgan fingerprint density at radius 2 is 2.16 bits per heavy atom. The molecule has 3 rings (SSSR count). The molecule has 19 heavy (non-hydrogen) atoms. The Balaban J connectivity index is 2.10. The maximum atomic E-state index is 11.6. The Hall–Kier alpha value is -1.43. The van der Waals surface area contributed by atoms with Crippen LogP contribution in [0.4, 0.5) is 0 Å². The average molecular weight is 324 g/mol. The highest BCUT2D eigenvalue weighted by Gasteiger charge is 2.22. The van der Waals surface area contributed by atoms with Gasteiger partial charge in [0.05, 0.1) is 30.3 Å². The molecule has 1 fully saturated rings. The molecule has 100 valence electrons.